The van der Waals surface area contributed by atoms with Crippen LogP contribution in [-0.4, -0.2) is 53.5 Å². The molecule has 1 aliphatic rings. The van der Waals surface area contributed by atoms with Crippen LogP contribution in [0.2, 0.25) is 0 Å². The summed E-state index contributed by atoms with van der Waals surface area (Å²) in [6, 6.07) is -1.11. The number of aliphatic hydroxyl groups is 1. The first-order chi connectivity index (χ1) is 9.40. The van der Waals surface area contributed by atoms with Crippen molar-refractivity contribution < 1.29 is 19.8 Å². The van der Waals surface area contributed by atoms with Gasteiger partial charge in [0.2, 0.25) is 5.91 Å². The first-order valence-electron chi connectivity index (χ1n) is 7.08. The van der Waals surface area contributed by atoms with E-state index in [-0.39, 0.29) is 17.9 Å². The number of carbonyl (C=O) groups excluding carboxylic acids is 1. The number of β-amino-alcohol motifs (C(OH)–C–C–N with tert-alkyl or cyclic N) is 1. The van der Waals surface area contributed by atoms with Crippen LogP contribution >= 0.6 is 0 Å². The quantitative estimate of drug-likeness (QED) is 0.485. The Morgan fingerprint density at radius 2 is 2.10 bits per heavy atom. The van der Waals surface area contributed by atoms with Crippen LogP contribution in [0.3, 0.4) is 0 Å². The van der Waals surface area contributed by atoms with Gasteiger partial charge in [0.05, 0.1) is 12.1 Å². The molecule has 0 aliphatic carbocycles. The Bertz CT molecular complexity index is 336. The van der Waals surface area contributed by atoms with Crippen molar-refractivity contribution in [1.82, 2.24) is 16.0 Å². The maximum Gasteiger partial charge on any atom is 0.405 e. The van der Waals surface area contributed by atoms with E-state index in [4.69, 9.17) is 5.11 Å². The lowest BCUT2D eigenvalue weighted by Gasteiger charge is -2.25. The third kappa shape index (κ3) is 5.75. The Morgan fingerprint density at radius 1 is 1.40 bits per heavy atom. The van der Waals surface area contributed by atoms with Crippen molar-refractivity contribution in [3.05, 3.63) is 0 Å². The molecule has 0 spiro atoms. The van der Waals surface area contributed by atoms with E-state index < -0.39 is 18.2 Å². The summed E-state index contributed by atoms with van der Waals surface area (Å²) in [6.07, 6.45) is 0.115. The smallest absolute Gasteiger partial charge is 0.405 e. The Morgan fingerprint density at radius 3 is 2.70 bits per heavy atom. The molecule has 3 atom stereocenters. The number of hydrogen-bond acceptors (Lipinski definition) is 4. The van der Waals surface area contributed by atoms with E-state index >= 15 is 0 Å². The molecule has 7 heteroatoms. The summed E-state index contributed by atoms with van der Waals surface area (Å²) in [5.74, 6) is -0.176. The van der Waals surface area contributed by atoms with Crippen LogP contribution in [0.25, 0.3) is 0 Å². The molecule has 1 heterocycles. The molecule has 0 saturated carbocycles. The second kappa shape index (κ2) is 8.06. The van der Waals surface area contributed by atoms with E-state index in [9.17, 15) is 14.7 Å². The minimum Gasteiger partial charge on any atom is -0.465 e. The Kier molecular flexibility index (Phi) is 6.74. The molecular formula is C13H25N3O4. The Labute approximate surface area is 119 Å². The van der Waals surface area contributed by atoms with Gasteiger partial charge in [0.25, 0.3) is 0 Å². The summed E-state index contributed by atoms with van der Waals surface area (Å²) < 4.78 is 0. The van der Waals surface area contributed by atoms with Crippen molar-refractivity contribution in [2.45, 2.75) is 51.3 Å². The normalized spacial score (nSPS) is 24.8. The van der Waals surface area contributed by atoms with Gasteiger partial charge in [0.1, 0.15) is 6.04 Å². The van der Waals surface area contributed by atoms with Gasteiger partial charge >= 0.3 is 6.09 Å². The summed E-state index contributed by atoms with van der Waals surface area (Å²) in [6.45, 7) is 5.10. The maximum atomic E-state index is 12.2. The van der Waals surface area contributed by atoms with Crippen molar-refractivity contribution >= 4 is 12.0 Å². The van der Waals surface area contributed by atoms with Gasteiger partial charge in [-0.25, -0.2) is 4.79 Å². The molecule has 2 unspecified atom stereocenters. The molecule has 1 rings (SSSR count). The first-order valence-corrected chi connectivity index (χ1v) is 7.08. The van der Waals surface area contributed by atoms with Crippen LogP contribution in [0.1, 0.15) is 33.1 Å². The molecular weight excluding hydrogens is 262 g/mol. The highest BCUT2D eigenvalue weighted by Gasteiger charge is 2.27. The lowest BCUT2D eigenvalue weighted by atomic mass is 10.0. The summed E-state index contributed by atoms with van der Waals surface area (Å²) in [7, 11) is 0. The van der Waals surface area contributed by atoms with Crippen molar-refractivity contribution in [1.29, 1.82) is 0 Å². The average molecular weight is 287 g/mol. The minimum absolute atomic E-state index is 0.193. The van der Waals surface area contributed by atoms with Crippen LogP contribution in [0.15, 0.2) is 0 Å². The summed E-state index contributed by atoms with van der Waals surface area (Å²) in [5.41, 5.74) is 0. The molecule has 116 valence electrons. The van der Waals surface area contributed by atoms with E-state index in [0.29, 0.717) is 19.4 Å². The van der Waals surface area contributed by atoms with Gasteiger partial charge in [-0.2, -0.15) is 0 Å². The molecule has 0 aromatic heterocycles. The second-order valence-electron chi connectivity index (χ2n) is 5.66. The van der Waals surface area contributed by atoms with E-state index in [2.05, 4.69) is 16.0 Å². The van der Waals surface area contributed by atoms with Crippen LogP contribution in [0.4, 0.5) is 4.79 Å². The number of rotatable bonds is 5. The van der Waals surface area contributed by atoms with Gasteiger partial charge in [-0.3, -0.25) is 4.79 Å². The third-order valence-electron chi connectivity index (χ3n) is 3.34. The van der Waals surface area contributed by atoms with Gasteiger partial charge in [-0.05, 0) is 31.7 Å². The first kappa shape index (κ1) is 16.7. The van der Waals surface area contributed by atoms with Crippen LogP contribution in [0, 0.1) is 5.92 Å². The molecule has 7 nitrogen and oxygen atoms in total. The third-order valence-corrected chi connectivity index (χ3v) is 3.34. The number of carboxylic acid groups (broad SMARTS) is 1. The van der Waals surface area contributed by atoms with Gasteiger partial charge in [0.15, 0.2) is 0 Å². The van der Waals surface area contributed by atoms with Gasteiger partial charge in [-0.1, -0.05) is 13.8 Å². The monoisotopic (exact) mass is 287 g/mol. The molecule has 1 aliphatic heterocycles. The van der Waals surface area contributed by atoms with Crippen molar-refractivity contribution in [3.8, 4) is 0 Å². The van der Waals surface area contributed by atoms with Gasteiger partial charge in [0, 0.05) is 6.54 Å². The lowest BCUT2D eigenvalue weighted by molar-refractivity contribution is -0.125. The predicted molar refractivity (Wildman–Crippen MR) is 74.4 cm³/mol. The molecule has 0 aromatic carbocycles. The largest absolute Gasteiger partial charge is 0.465 e. The Balaban J connectivity index is 2.61. The van der Waals surface area contributed by atoms with Gasteiger partial charge in [-0.15, -0.1) is 0 Å². The van der Waals surface area contributed by atoms with Crippen LogP contribution < -0.4 is 16.0 Å². The summed E-state index contributed by atoms with van der Waals surface area (Å²) >= 11 is 0. The predicted octanol–water partition coefficient (Wildman–Crippen LogP) is -0.102. The van der Waals surface area contributed by atoms with Crippen molar-refractivity contribution in [2.75, 3.05) is 13.1 Å². The highest BCUT2D eigenvalue weighted by Crippen LogP contribution is 2.09. The zero-order valence-corrected chi connectivity index (χ0v) is 12.1. The van der Waals surface area contributed by atoms with Gasteiger partial charge < -0.3 is 26.2 Å². The van der Waals surface area contributed by atoms with Crippen LogP contribution in [-0.2, 0) is 4.79 Å². The molecule has 0 aromatic rings. The fourth-order valence-corrected chi connectivity index (χ4v) is 2.34. The number of carbonyl (C=O) groups is 2. The average Bonchev–Trinajstić information content (AvgIpc) is 2.53. The number of aliphatic hydroxyl groups excluding tert-OH is 1. The molecule has 2 amide bonds. The highest BCUT2D eigenvalue weighted by molar-refractivity contribution is 5.85. The fourth-order valence-electron chi connectivity index (χ4n) is 2.34. The fraction of sp³-hybridized carbons (Fsp3) is 0.846. The number of nitrogens with one attached hydrogen (secondary N) is 3. The zero-order chi connectivity index (χ0) is 15.1. The topological polar surface area (TPSA) is 111 Å². The van der Waals surface area contributed by atoms with Crippen molar-refractivity contribution in [3.63, 3.8) is 0 Å². The minimum atomic E-state index is -1.21. The molecule has 1 fully saturated rings. The second-order valence-corrected chi connectivity index (χ2v) is 5.66. The maximum absolute atomic E-state index is 12.2. The van der Waals surface area contributed by atoms with E-state index in [1.165, 1.54) is 0 Å². The van der Waals surface area contributed by atoms with E-state index in [1.54, 1.807) is 0 Å². The summed E-state index contributed by atoms with van der Waals surface area (Å²) in [5, 5.41) is 26.8. The molecule has 5 N–H and O–H groups in total. The van der Waals surface area contributed by atoms with E-state index in [0.717, 1.165) is 13.0 Å². The molecule has 1 saturated heterocycles. The lowest BCUT2D eigenvalue weighted by Crippen LogP contribution is -2.53. The van der Waals surface area contributed by atoms with E-state index in [1.807, 2.05) is 13.8 Å². The van der Waals surface area contributed by atoms with Crippen molar-refractivity contribution in [2.24, 2.45) is 5.92 Å². The van der Waals surface area contributed by atoms with Crippen LogP contribution in [0.5, 0.6) is 0 Å². The standard InChI is InChI=1S/C13H25N3O4/c1-8(2)6-10(16-13(19)20)12(18)15-9-4-3-5-14-7-11(9)17/h8-11,14,16-17H,3-7H2,1-2H3,(H,15,18)(H,19,20)/t9?,10?,11-/m0/s1. The number of hydrogen-bond donors (Lipinski definition) is 5. The zero-order valence-electron chi connectivity index (χ0n) is 12.1. The SMILES string of the molecule is CC(C)CC(NC(=O)O)C(=O)NC1CCCNC[C@@H]1O. The molecule has 0 radical (unpaired) electrons. The Hall–Kier alpha value is -1.34. The summed E-state index contributed by atoms with van der Waals surface area (Å²) in [4.78, 5) is 22.9. The number of amides is 2. The molecule has 20 heavy (non-hydrogen) atoms. The molecule has 0 bridgehead atoms. The highest BCUT2D eigenvalue weighted by atomic mass is 16.4.